The first-order chi connectivity index (χ1) is 12.6. The van der Waals surface area contributed by atoms with Crippen LogP contribution >= 0.6 is 0 Å². The Hall–Kier alpha value is -2.20. The molecule has 0 aliphatic carbocycles. The zero-order valence-corrected chi connectivity index (χ0v) is 16.3. The molecule has 156 valence electrons. The van der Waals surface area contributed by atoms with Crippen molar-refractivity contribution < 1.29 is 24.3 Å². The van der Waals surface area contributed by atoms with Crippen molar-refractivity contribution >= 4 is 23.7 Å². The molecule has 10 heteroatoms. The quantitative estimate of drug-likeness (QED) is 0.212. The molecule has 0 radical (unpaired) electrons. The van der Waals surface area contributed by atoms with Crippen LogP contribution in [0.3, 0.4) is 0 Å². The van der Waals surface area contributed by atoms with E-state index >= 15 is 0 Å². The van der Waals surface area contributed by atoms with Crippen LogP contribution in [0.1, 0.15) is 46.5 Å². The SMILES string of the molecule is CC(C)CC(N)C(=O)NC(CCCCN)C(=O)NC(C)C(=O)NCC(=O)O. The smallest absolute Gasteiger partial charge is 0.322 e. The molecule has 0 aliphatic rings. The van der Waals surface area contributed by atoms with Crippen molar-refractivity contribution in [3.63, 3.8) is 0 Å². The van der Waals surface area contributed by atoms with E-state index in [0.29, 0.717) is 32.2 Å². The van der Waals surface area contributed by atoms with E-state index in [1.165, 1.54) is 6.92 Å². The number of carboxylic acid groups (broad SMARTS) is 1. The minimum atomic E-state index is -1.19. The van der Waals surface area contributed by atoms with Crippen molar-refractivity contribution in [1.29, 1.82) is 0 Å². The number of hydrogen-bond donors (Lipinski definition) is 6. The van der Waals surface area contributed by atoms with Gasteiger partial charge in [0.15, 0.2) is 0 Å². The number of nitrogens with one attached hydrogen (secondary N) is 3. The molecule has 0 aromatic rings. The molecule has 0 heterocycles. The maximum atomic E-state index is 12.5. The summed E-state index contributed by atoms with van der Waals surface area (Å²) in [6, 6.07) is -2.53. The third kappa shape index (κ3) is 11.2. The van der Waals surface area contributed by atoms with Crippen LogP contribution in [0.2, 0.25) is 0 Å². The Morgan fingerprint density at radius 3 is 2.11 bits per heavy atom. The maximum absolute atomic E-state index is 12.5. The zero-order valence-electron chi connectivity index (χ0n) is 16.3. The van der Waals surface area contributed by atoms with Gasteiger partial charge in [0, 0.05) is 0 Å². The van der Waals surface area contributed by atoms with Crippen molar-refractivity contribution in [3.8, 4) is 0 Å². The monoisotopic (exact) mass is 387 g/mol. The van der Waals surface area contributed by atoms with Gasteiger partial charge in [0.2, 0.25) is 17.7 Å². The van der Waals surface area contributed by atoms with Gasteiger partial charge in [-0.1, -0.05) is 13.8 Å². The van der Waals surface area contributed by atoms with E-state index in [1.807, 2.05) is 13.8 Å². The minimum absolute atomic E-state index is 0.230. The first-order valence-electron chi connectivity index (χ1n) is 9.14. The van der Waals surface area contributed by atoms with Gasteiger partial charge < -0.3 is 32.5 Å². The normalized spacial score (nSPS) is 14.1. The highest BCUT2D eigenvalue weighted by atomic mass is 16.4. The summed E-state index contributed by atoms with van der Waals surface area (Å²) in [5.74, 6) is -2.55. The first kappa shape index (κ1) is 24.8. The number of carbonyl (C=O) groups is 4. The summed E-state index contributed by atoms with van der Waals surface area (Å²) in [4.78, 5) is 47.0. The van der Waals surface area contributed by atoms with Crippen LogP contribution < -0.4 is 27.4 Å². The largest absolute Gasteiger partial charge is 0.480 e. The van der Waals surface area contributed by atoms with Gasteiger partial charge in [-0.3, -0.25) is 19.2 Å². The summed E-state index contributed by atoms with van der Waals surface area (Å²) < 4.78 is 0. The van der Waals surface area contributed by atoms with Crippen LogP contribution in [0.4, 0.5) is 0 Å². The molecule has 0 saturated heterocycles. The Bertz CT molecular complexity index is 512. The lowest BCUT2D eigenvalue weighted by atomic mass is 10.0. The lowest BCUT2D eigenvalue weighted by Gasteiger charge is -2.23. The highest BCUT2D eigenvalue weighted by molar-refractivity contribution is 5.93. The predicted octanol–water partition coefficient (Wildman–Crippen LogP) is -1.32. The topological polar surface area (TPSA) is 177 Å². The van der Waals surface area contributed by atoms with E-state index in [2.05, 4.69) is 16.0 Å². The number of aliphatic carboxylic acids is 1. The summed E-state index contributed by atoms with van der Waals surface area (Å²) in [6.07, 6.45) is 2.14. The van der Waals surface area contributed by atoms with E-state index in [1.54, 1.807) is 0 Å². The molecule has 3 amide bonds. The molecule has 0 spiro atoms. The molecule has 10 nitrogen and oxygen atoms in total. The summed E-state index contributed by atoms with van der Waals surface area (Å²) in [6.45, 7) is 5.23. The van der Waals surface area contributed by atoms with E-state index in [4.69, 9.17) is 16.6 Å². The van der Waals surface area contributed by atoms with Gasteiger partial charge in [-0.15, -0.1) is 0 Å². The van der Waals surface area contributed by atoms with Gasteiger partial charge in [0.05, 0.1) is 6.04 Å². The molecule has 0 fully saturated rings. The second-order valence-corrected chi connectivity index (χ2v) is 6.92. The number of hydrogen-bond acceptors (Lipinski definition) is 6. The number of carbonyl (C=O) groups excluding carboxylic acids is 3. The molecule has 0 bridgehead atoms. The fourth-order valence-electron chi connectivity index (χ4n) is 2.35. The van der Waals surface area contributed by atoms with Gasteiger partial charge in [-0.2, -0.15) is 0 Å². The van der Waals surface area contributed by atoms with Crippen LogP contribution in [0.5, 0.6) is 0 Å². The summed E-state index contributed by atoms with van der Waals surface area (Å²) in [5, 5.41) is 15.9. The fraction of sp³-hybridized carbons (Fsp3) is 0.765. The molecule has 8 N–H and O–H groups in total. The first-order valence-corrected chi connectivity index (χ1v) is 9.14. The summed E-state index contributed by atoms with van der Waals surface area (Å²) in [5.41, 5.74) is 11.3. The lowest BCUT2D eigenvalue weighted by Crippen LogP contribution is -2.55. The molecule has 3 unspecified atom stereocenters. The van der Waals surface area contributed by atoms with Gasteiger partial charge in [0.1, 0.15) is 18.6 Å². The summed E-state index contributed by atoms with van der Waals surface area (Å²) >= 11 is 0. The van der Waals surface area contributed by atoms with Crippen LogP contribution in [-0.4, -0.2) is 60.0 Å². The van der Waals surface area contributed by atoms with Gasteiger partial charge in [-0.25, -0.2) is 0 Å². The Morgan fingerprint density at radius 1 is 0.963 bits per heavy atom. The zero-order chi connectivity index (χ0) is 21.0. The molecular formula is C17H33N5O5. The third-order valence-corrected chi connectivity index (χ3v) is 3.81. The Labute approximate surface area is 159 Å². The molecule has 0 saturated carbocycles. The highest BCUT2D eigenvalue weighted by Gasteiger charge is 2.26. The van der Waals surface area contributed by atoms with Crippen LogP contribution in [-0.2, 0) is 19.2 Å². The Morgan fingerprint density at radius 2 is 1.59 bits per heavy atom. The second kappa shape index (κ2) is 13.0. The number of rotatable bonds is 13. The van der Waals surface area contributed by atoms with Crippen LogP contribution in [0.15, 0.2) is 0 Å². The van der Waals surface area contributed by atoms with Crippen LogP contribution in [0.25, 0.3) is 0 Å². The molecule has 3 atom stereocenters. The van der Waals surface area contributed by atoms with Crippen molar-refractivity contribution in [1.82, 2.24) is 16.0 Å². The van der Waals surface area contributed by atoms with E-state index < -0.39 is 48.4 Å². The predicted molar refractivity (Wildman–Crippen MR) is 101 cm³/mol. The van der Waals surface area contributed by atoms with Crippen molar-refractivity contribution in [2.24, 2.45) is 17.4 Å². The van der Waals surface area contributed by atoms with Crippen molar-refractivity contribution in [2.75, 3.05) is 13.1 Å². The van der Waals surface area contributed by atoms with Gasteiger partial charge >= 0.3 is 5.97 Å². The third-order valence-electron chi connectivity index (χ3n) is 3.81. The van der Waals surface area contributed by atoms with Crippen molar-refractivity contribution in [3.05, 3.63) is 0 Å². The van der Waals surface area contributed by atoms with Gasteiger partial charge in [0.25, 0.3) is 0 Å². The standard InChI is InChI=1S/C17H33N5O5/c1-10(2)8-12(19)16(26)22-13(6-4-5-7-18)17(27)21-11(3)15(25)20-9-14(23)24/h10-13H,4-9,18-19H2,1-3H3,(H,20,25)(H,21,27)(H,22,26)(H,23,24). The molecular weight excluding hydrogens is 354 g/mol. The molecule has 0 aromatic heterocycles. The number of nitrogens with two attached hydrogens (primary N) is 2. The summed E-state index contributed by atoms with van der Waals surface area (Å²) in [7, 11) is 0. The second-order valence-electron chi connectivity index (χ2n) is 6.92. The Balaban J connectivity index is 4.84. The van der Waals surface area contributed by atoms with E-state index in [0.717, 1.165) is 0 Å². The number of unbranched alkanes of at least 4 members (excludes halogenated alkanes) is 1. The average Bonchev–Trinajstić information content (AvgIpc) is 2.57. The van der Waals surface area contributed by atoms with E-state index in [-0.39, 0.29) is 5.92 Å². The van der Waals surface area contributed by atoms with Crippen molar-refractivity contribution in [2.45, 2.75) is 64.6 Å². The average molecular weight is 387 g/mol. The number of amides is 3. The molecule has 0 aromatic carbocycles. The molecule has 0 rings (SSSR count). The Kier molecular flexibility index (Phi) is 12.0. The minimum Gasteiger partial charge on any atom is -0.480 e. The van der Waals surface area contributed by atoms with Crippen LogP contribution in [0, 0.1) is 5.92 Å². The van der Waals surface area contributed by atoms with E-state index in [9.17, 15) is 19.2 Å². The fourth-order valence-corrected chi connectivity index (χ4v) is 2.35. The number of carboxylic acids is 1. The molecule has 27 heavy (non-hydrogen) atoms. The highest BCUT2D eigenvalue weighted by Crippen LogP contribution is 2.06. The maximum Gasteiger partial charge on any atom is 0.322 e. The van der Waals surface area contributed by atoms with Gasteiger partial charge in [-0.05, 0) is 45.1 Å². The molecule has 0 aliphatic heterocycles. The lowest BCUT2D eigenvalue weighted by molar-refractivity contribution is -0.138.